The number of ether oxygens (including phenoxy) is 3. The number of H-pyrrole nitrogens is 1. The van der Waals surface area contributed by atoms with E-state index in [-0.39, 0.29) is 4.43 Å². The summed E-state index contributed by atoms with van der Waals surface area (Å²) in [5.74, 6) is -2.25. The van der Waals surface area contributed by atoms with Gasteiger partial charge in [0.15, 0.2) is 12.3 Å². The lowest BCUT2D eigenvalue weighted by Crippen LogP contribution is -2.39. The molecule has 10 heteroatoms. The number of hydrogen-bond acceptors (Lipinski definition) is 6. The van der Waals surface area contributed by atoms with Crippen LogP contribution in [0.1, 0.15) is 6.23 Å². The van der Waals surface area contributed by atoms with Crippen LogP contribution in [0.25, 0.3) is 0 Å². The fraction of sp³-hybridized carbons (Fsp3) is 0.500. The monoisotopic (exact) mass is 398 g/mol. The Morgan fingerprint density at radius 2 is 2.15 bits per heavy atom. The zero-order valence-corrected chi connectivity index (χ0v) is 11.9. The van der Waals surface area contributed by atoms with Crippen LogP contribution in [0.5, 0.6) is 0 Å². The second kappa shape index (κ2) is 4.55. The molecule has 3 rings (SSSR count). The smallest absolute Gasteiger partial charge is 0.422 e. The van der Waals surface area contributed by atoms with Crippen LogP contribution >= 0.6 is 22.6 Å². The first-order chi connectivity index (χ1) is 9.44. The Labute approximate surface area is 124 Å². The number of aromatic amines is 1. The zero-order valence-electron chi connectivity index (χ0n) is 9.75. The van der Waals surface area contributed by atoms with Crippen LogP contribution in [-0.4, -0.2) is 38.2 Å². The highest BCUT2D eigenvalue weighted by Gasteiger charge is 2.64. The minimum Gasteiger partial charge on any atom is -0.422 e. The number of nitrogens with one attached hydrogen (secondary N) is 1. The molecule has 0 radical (unpaired) electrons. The van der Waals surface area contributed by atoms with Gasteiger partial charge in [0.1, 0.15) is 0 Å². The molecule has 4 atom stereocenters. The van der Waals surface area contributed by atoms with E-state index in [9.17, 15) is 18.8 Å². The van der Waals surface area contributed by atoms with Gasteiger partial charge in [-0.1, -0.05) is 22.6 Å². The van der Waals surface area contributed by atoms with Gasteiger partial charge >= 0.3 is 11.8 Å². The van der Waals surface area contributed by atoms with Crippen LogP contribution in [0.15, 0.2) is 21.9 Å². The third-order valence-corrected chi connectivity index (χ3v) is 4.12. The first kappa shape index (κ1) is 13.5. The van der Waals surface area contributed by atoms with Gasteiger partial charge in [-0.3, -0.25) is 14.3 Å². The zero-order chi connectivity index (χ0) is 14.5. The number of carbonyl (C=O) groups is 1. The predicted octanol–water partition coefficient (Wildman–Crippen LogP) is 0.0702. The molecule has 20 heavy (non-hydrogen) atoms. The van der Waals surface area contributed by atoms with Crippen molar-refractivity contribution in [3.63, 3.8) is 0 Å². The van der Waals surface area contributed by atoms with Crippen molar-refractivity contribution in [2.24, 2.45) is 0 Å². The van der Waals surface area contributed by atoms with E-state index in [4.69, 9.17) is 14.2 Å². The Morgan fingerprint density at radius 3 is 2.80 bits per heavy atom. The van der Waals surface area contributed by atoms with Crippen LogP contribution in [0.2, 0.25) is 0 Å². The van der Waals surface area contributed by atoms with E-state index in [1.54, 1.807) is 22.6 Å². The second-order valence-electron chi connectivity index (χ2n) is 4.32. The van der Waals surface area contributed by atoms with Crippen molar-refractivity contribution in [3.8, 4) is 0 Å². The molecule has 1 aromatic rings. The van der Waals surface area contributed by atoms with Gasteiger partial charge < -0.3 is 14.2 Å². The highest BCUT2D eigenvalue weighted by atomic mass is 127. The molecule has 0 spiro atoms. The van der Waals surface area contributed by atoms with Gasteiger partial charge in [-0.15, -0.1) is 0 Å². The lowest BCUT2D eigenvalue weighted by atomic mass is 10.1. The Hall–Kier alpha value is -1.43. The summed E-state index contributed by atoms with van der Waals surface area (Å²) < 4.78 is 30.2. The molecule has 0 saturated carbocycles. The van der Waals surface area contributed by atoms with E-state index in [1.807, 2.05) is 4.98 Å². The summed E-state index contributed by atoms with van der Waals surface area (Å²) in [6.45, 7) is 0. The molecule has 0 aliphatic carbocycles. The molecule has 8 nitrogen and oxygen atoms in total. The molecule has 2 aliphatic heterocycles. The average Bonchev–Trinajstić information content (AvgIpc) is 2.89. The summed E-state index contributed by atoms with van der Waals surface area (Å²) in [5.41, 5.74) is -1.39. The Bertz CT molecular complexity index is 674. The van der Waals surface area contributed by atoms with E-state index in [1.165, 1.54) is 0 Å². The summed E-state index contributed by atoms with van der Waals surface area (Å²) in [6.07, 6.45) is -3.41. The highest BCUT2D eigenvalue weighted by Crippen LogP contribution is 2.45. The fourth-order valence-electron chi connectivity index (χ4n) is 2.20. The van der Waals surface area contributed by atoms with Crippen LogP contribution < -0.4 is 11.2 Å². The van der Waals surface area contributed by atoms with Gasteiger partial charge in [0.05, 0.1) is 4.43 Å². The number of rotatable bonds is 2. The number of fused-ring (bicyclic) bond motifs is 1. The summed E-state index contributed by atoms with van der Waals surface area (Å²) in [7, 11) is 0. The van der Waals surface area contributed by atoms with E-state index in [2.05, 4.69) is 0 Å². The molecule has 1 N–H and O–H groups in total. The number of nitrogens with zero attached hydrogens (tertiary/aromatic N) is 1. The van der Waals surface area contributed by atoms with Crippen molar-refractivity contribution in [1.82, 2.24) is 9.55 Å². The van der Waals surface area contributed by atoms with Crippen LogP contribution in [0.3, 0.4) is 0 Å². The Balaban J connectivity index is 2.04. The molecule has 2 saturated heterocycles. The van der Waals surface area contributed by atoms with E-state index in [0.717, 1.165) is 16.8 Å². The Kier molecular flexibility index (Phi) is 3.08. The standard InChI is InChI=1S/C10H8FIN2O6/c11-10(3-12)6-5(18-9(17)19-6)7(20-10)14-2-1-4(15)13-8(14)16/h1-2,5-7H,3H2,(H,13,15,16)/t5-,6+,7-,10-/m1/s1. The van der Waals surface area contributed by atoms with Gasteiger partial charge in [-0.25, -0.2) is 14.0 Å². The third-order valence-electron chi connectivity index (χ3n) is 3.08. The first-order valence-corrected chi connectivity index (χ1v) is 7.08. The maximum absolute atomic E-state index is 14.5. The molecule has 2 fully saturated rings. The molecule has 2 aliphatic rings. The second-order valence-corrected chi connectivity index (χ2v) is 5.08. The molecular weight excluding hydrogens is 390 g/mol. The van der Waals surface area contributed by atoms with Crippen LogP contribution in [0.4, 0.5) is 9.18 Å². The van der Waals surface area contributed by atoms with Crippen molar-refractivity contribution in [2.75, 3.05) is 4.43 Å². The number of carbonyl (C=O) groups excluding carboxylic acids is 1. The summed E-state index contributed by atoms with van der Waals surface area (Å²) >= 11 is 1.74. The van der Waals surface area contributed by atoms with E-state index < -0.39 is 41.7 Å². The minimum atomic E-state index is -2.25. The molecular formula is C10H8FIN2O6. The Morgan fingerprint density at radius 1 is 1.40 bits per heavy atom. The van der Waals surface area contributed by atoms with Crippen molar-refractivity contribution < 1.29 is 23.4 Å². The molecule has 0 unspecified atom stereocenters. The molecule has 0 bridgehead atoms. The van der Waals surface area contributed by atoms with Crippen LogP contribution in [-0.2, 0) is 14.2 Å². The number of alkyl halides is 2. The van der Waals surface area contributed by atoms with Crippen LogP contribution in [0, 0.1) is 0 Å². The number of halogens is 2. The highest BCUT2D eigenvalue weighted by molar-refractivity contribution is 14.1. The molecule has 0 aromatic carbocycles. The van der Waals surface area contributed by atoms with Crippen molar-refractivity contribution in [3.05, 3.63) is 33.1 Å². The largest absolute Gasteiger partial charge is 0.509 e. The third kappa shape index (κ3) is 1.93. The number of hydrogen-bond donors (Lipinski definition) is 1. The quantitative estimate of drug-likeness (QED) is 0.430. The minimum absolute atomic E-state index is 0.114. The fourth-order valence-corrected chi connectivity index (χ4v) is 2.81. The summed E-state index contributed by atoms with van der Waals surface area (Å²) in [4.78, 5) is 35.9. The SMILES string of the molecule is O=C1O[C@H]2[C@H](n3ccc(=O)[nH]c3=O)O[C@](F)(CI)[C@H]2O1. The van der Waals surface area contributed by atoms with Gasteiger partial charge in [-0.2, -0.15) is 0 Å². The lowest BCUT2D eigenvalue weighted by molar-refractivity contribution is -0.175. The van der Waals surface area contributed by atoms with E-state index >= 15 is 0 Å². The molecule has 108 valence electrons. The van der Waals surface area contributed by atoms with Crippen molar-refractivity contribution in [2.45, 2.75) is 24.3 Å². The predicted molar refractivity (Wildman–Crippen MR) is 69.3 cm³/mol. The molecule has 0 amide bonds. The topological polar surface area (TPSA) is 99.6 Å². The van der Waals surface area contributed by atoms with Crippen molar-refractivity contribution >= 4 is 28.7 Å². The normalized spacial score (nSPS) is 35.5. The lowest BCUT2D eigenvalue weighted by Gasteiger charge is -2.21. The molecule has 3 heterocycles. The van der Waals surface area contributed by atoms with Gasteiger partial charge in [0, 0.05) is 12.3 Å². The number of aromatic nitrogens is 2. The maximum Gasteiger partial charge on any atom is 0.509 e. The van der Waals surface area contributed by atoms with Gasteiger partial charge in [-0.05, 0) is 0 Å². The van der Waals surface area contributed by atoms with Gasteiger partial charge in [0.2, 0.25) is 6.10 Å². The van der Waals surface area contributed by atoms with Crippen molar-refractivity contribution in [1.29, 1.82) is 0 Å². The summed E-state index contributed by atoms with van der Waals surface area (Å²) in [6, 6.07) is 1.08. The van der Waals surface area contributed by atoms with E-state index in [0.29, 0.717) is 0 Å². The maximum atomic E-state index is 14.5. The summed E-state index contributed by atoms with van der Waals surface area (Å²) in [5, 5.41) is 0. The first-order valence-electron chi connectivity index (χ1n) is 5.56. The average molecular weight is 398 g/mol. The molecule has 1 aromatic heterocycles. The van der Waals surface area contributed by atoms with Gasteiger partial charge in [0.25, 0.3) is 11.4 Å².